The van der Waals surface area contributed by atoms with Crippen molar-refractivity contribution < 1.29 is 8.42 Å². The van der Waals surface area contributed by atoms with E-state index in [1.807, 2.05) is 18.2 Å². The predicted molar refractivity (Wildman–Crippen MR) is 104 cm³/mol. The number of aryl methyl sites for hydroxylation is 2. The SMILES string of the molecule is CC1CN(S(=O)(=O)c2ccc3c(c2)CCC3)CCN1Cc1ccccc1. The van der Waals surface area contributed by atoms with Crippen molar-refractivity contribution in [3.8, 4) is 0 Å². The van der Waals surface area contributed by atoms with Crippen LogP contribution in [0.4, 0.5) is 0 Å². The maximum absolute atomic E-state index is 13.1. The van der Waals surface area contributed by atoms with Crippen molar-refractivity contribution in [2.75, 3.05) is 19.6 Å². The van der Waals surface area contributed by atoms with Crippen LogP contribution in [0.2, 0.25) is 0 Å². The lowest BCUT2D eigenvalue weighted by Crippen LogP contribution is -2.53. The van der Waals surface area contributed by atoms with Crippen molar-refractivity contribution in [3.05, 3.63) is 65.2 Å². The summed E-state index contributed by atoms with van der Waals surface area (Å²) in [5.74, 6) is 0. The lowest BCUT2D eigenvalue weighted by molar-refractivity contribution is 0.122. The smallest absolute Gasteiger partial charge is 0.243 e. The van der Waals surface area contributed by atoms with Gasteiger partial charge in [-0.25, -0.2) is 8.42 Å². The van der Waals surface area contributed by atoms with Gasteiger partial charge in [-0.2, -0.15) is 4.31 Å². The average molecular weight is 371 g/mol. The third-order valence-corrected chi connectivity index (χ3v) is 7.53. The van der Waals surface area contributed by atoms with E-state index in [1.54, 1.807) is 10.4 Å². The number of benzene rings is 2. The molecule has 0 bridgehead atoms. The van der Waals surface area contributed by atoms with Gasteiger partial charge in [0.2, 0.25) is 10.0 Å². The van der Waals surface area contributed by atoms with Crippen LogP contribution < -0.4 is 0 Å². The highest BCUT2D eigenvalue weighted by molar-refractivity contribution is 7.89. The summed E-state index contributed by atoms with van der Waals surface area (Å²) in [6.45, 7) is 4.85. The van der Waals surface area contributed by atoms with Gasteiger partial charge in [-0.3, -0.25) is 4.90 Å². The van der Waals surface area contributed by atoms with E-state index in [2.05, 4.69) is 36.1 Å². The highest BCUT2D eigenvalue weighted by Gasteiger charge is 2.32. The van der Waals surface area contributed by atoms with Gasteiger partial charge in [0.1, 0.15) is 0 Å². The topological polar surface area (TPSA) is 40.6 Å². The first-order chi connectivity index (χ1) is 12.5. The molecule has 1 aliphatic carbocycles. The molecule has 2 aromatic carbocycles. The minimum atomic E-state index is -3.41. The van der Waals surface area contributed by atoms with Crippen LogP contribution in [-0.2, 0) is 29.4 Å². The summed E-state index contributed by atoms with van der Waals surface area (Å²) in [4.78, 5) is 2.83. The van der Waals surface area contributed by atoms with E-state index >= 15 is 0 Å². The Balaban J connectivity index is 1.47. The summed E-state index contributed by atoms with van der Waals surface area (Å²) in [6, 6.07) is 16.3. The van der Waals surface area contributed by atoms with E-state index < -0.39 is 10.0 Å². The Labute approximate surface area is 156 Å². The summed E-state index contributed by atoms with van der Waals surface area (Å²) >= 11 is 0. The molecule has 0 saturated carbocycles. The maximum Gasteiger partial charge on any atom is 0.243 e. The average Bonchev–Trinajstić information content (AvgIpc) is 3.12. The van der Waals surface area contributed by atoms with E-state index in [0.29, 0.717) is 18.0 Å². The van der Waals surface area contributed by atoms with Gasteiger partial charge >= 0.3 is 0 Å². The van der Waals surface area contributed by atoms with Gasteiger partial charge in [-0.1, -0.05) is 36.4 Å². The standard InChI is InChI=1S/C21H26N2O2S/c1-17-15-23(13-12-22(17)16-18-6-3-2-4-7-18)26(24,25)21-11-10-19-8-5-9-20(19)14-21/h2-4,6-7,10-11,14,17H,5,8-9,12-13,15-16H2,1H3. The number of hydrogen-bond acceptors (Lipinski definition) is 3. The van der Waals surface area contributed by atoms with Gasteiger partial charge in [-0.05, 0) is 55.0 Å². The van der Waals surface area contributed by atoms with Crippen molar-refractivity contribution in [3.63, 3.8) is 0 Å². The lowest BCUT2D eigenvalue weighted by atomic mass is 10.1. The van der Waals surface area contributed by atoms with Crippen LogP contribution in [0, 0.1) is 0 Å². The van der Waals surface area contributed by atoms with E-state index in [-0.39, 0.29) is 6.04 Å². The van der Waals surface area contributed by atoms with E-state index in [0.717, 1.165) is 32.4 Å². The molecule has 0 N–H and O–H groups in total. The zero-order valence-electron chi connectivity index (χ0n) is 15.3. The summed E-state index contributed by atoms with van der Waals surface area (Å²) in [6.07, 6.45) is 3.21. The quantitative estimate of drug-likeness (QED) is 0.830. The van der Waals surface area contributed by atoms with Crippen LogP contribution in [0.15, 0.2) is 53.4 Å². The number of rotatable bonds is 4. The molecule has 26 heavy (non-hydrogen) atoms. The molecule has 4 rings (SSSR count). The molecule has 5 heteroatoms. The third-order valence-electron chi connectivity index (χ3n) is 5.66. The van der Waals surface area contributed by atoms with Crippen molar-refractivity contribution >= 4 is 10.0 Å². The molecular formula is C21H26N2O2S. The fourth-order valence-corrected chi connectivity index (χ4v) is 5.65. The first-order valence-electron chi connectivity index (χ1n) is 9.44. The molecule has 2 aliphatic rings. The number of piperazine rings is 1. The minimum absolute atomic E-state index is 0.202. The number of sulfonamides is 1. The molecule has 0 aromatic heterocycles. The molecule has 0 radical (unpaired) electrons. The fraction of sp³-hybridized carbons (Fsp3) is 0.429. The van der Waals surface area contributed by atoms with Gasteiger partial charge in [0.05, 0.1) is 4.90 Å². The third kappa shape index (κ3) is 3.43. The van der Waals surface area contributed by atoms with Gasteiger partial charge in [-0.15, -0.1) is 0 Å². The van der Waals surface area contributed by atoms with Crippen molar-refractivity contribution in [1.82, 2.24) is 9.21 Å². The zero-order chi connectivity index (χ0) is 18.1. The fourth-order valence-electron chi connectivity index (χ4n) is 4.09. The monoisotopic (exact) mass is 370 g/mol. The Morgan fingerprint density at radius 3 is 2.54 bits per heavy atom. The molecule has 1 unspecified atom stereocenters. The summed E-state index contributed by atoms with van der Waals surface area (Å²) in [5, 5.41) is 0. The van der Waals surface area contributed by atoms with Crippen molar-refractivity contribution in [1.29, 1.82) is 0 Å². The normalized spacial score (nSPS) is 21.7. The second-order valence-electron chi connectivity index (χ2n) is 7.45. The maximum atomic E-state index is 13.1. The second kappa shape index (κ2) is 7.14. The Morgan fingerprint density at radius 2 is 1.77 bits per heavy atom. The molecule has 1 saturated heterocycles. The van der Waals surface area contributed by atoms with Crippen LogP contribution in [-0.4, -0.2) is 43.3 Å². The van der Waals surface area contributed by atoms with Crippen molar-refractivity contribution in [2.45, 2.75) is 43.7 Å². The predicted octanol–water partition coefficient (Wildman–Crippen LogP) is 3.07. The van der Waals surface area contributed by atoms with Crippen LogP contribution in [0.1, 0.15) is 30.0 Å². The molecule has 138 valence electrons. The first-order valence-corrected chi connectivity index (χ1v) is 10.9. The van der Waals surface area contributed by atoms with Gasteiger partial charge in [0.25, 0.3) is 0 Å². The van der Waals surface area contributed by atoms with Crippen LogP contribution in [0.5, 0.6) is 0 Å². The second-order valence-corrected chi connectivity index (χ2v) is 9.39. The van der Waals surface area contributed by atoms with Gasteiger partial charge < -0.3 is 0 Å². The molecule has 0 amide bonds. The molecular weight excluding hydrogens is 344 g/mol. The summed E-state index contributed by atoms with van der Waals surface area (Å²) < 4.78 is 27.9. The molecule has 0 spiro atoms. The minimum Gasteiger partial charge on any atom is -0.294 e. The number of hydrogen-bond donors (Lipinski definition) is 0. The lowest BCUT2D eigenvalue weighted by Gasteiger charge is -2.39. The number of fused-ring (bicyclic) bond motifs is 1. The number of nitrogens with zero attached hydrogens (tertiary/aromatic N) is 2. The van der Waals surface area contributed by atoms with E-state index in [4.69, 9.17) is 0 Å². The molecule has 4 nitrogen and oxygen atoms in total. The van der Waals surface area contributed by atoms with Crippen LogP contribution in [0.3, 0.4) is 0 Å². The van der Waals surface area contributed by atoms with E-state index in [9.17, 15) is 8.42 Å². The largest absolute Gasteiger partial charge is 0.294 e. The Hall–Kier alpha value is -1.69. The molecule has 1 aliphatic heterocycles. The Kier molecular flexibility index (Phi) is 4.86. The summed E-state index contributed by atoms with van der Waals surface area (Å²) in [5.41, 5.74) is 3.79. The molecule has 2 aromatic rings. The van der Waals surface area contributed by atoms with Crippen molar-refractivity contribution in [2.24, 2.45) is 0 Å². The van der Waals surface area contributed by atoms with E-state index in [1.165, 1.54) is 16.7 Å². The highest BCUT2D eigenvalue weighted by atomic mass is 32.2. The Morgan fingerprint density at radius 1 is 1.00 bits per heavy atom. The van der Waals surface area contributed by atoms with Crippen LogP contribution >= 0.6 is 0 Å². The molecule has 1 heterocycles. The first kappa shape index (κ1) is 17.7. The van der Waals surface area contributed by atoms with Crippen LogP contribution in [0.25, 0.3) is 0 Å². The summed E-state index contributed by atoms with van der Waals surface area (Å²) in [7, 11) is -3.41. The zero-order valence-corrected chi connectivity index (χ0v) is 16.1. The Bertz CT molecular complexity index is 880. The van der Waals surface area contributed by atoms with Gasteiger partial charge in [0, 0.05) is 32.2 Å². The molecule has 1 atom stereocenters. The molecule has 1 fully saturated rings. The highest BCUT2D eigenvalue weighted by Crippen LogP contribution is 2.27. The van der Waals surface area contributed by atoms with Gasteiger partial charge in [0.15, 0.2) is 0 Å².